The van der Waals surface area contributed by atoms with Gasteiger partial charge in [0.05, 0.1) is 6.61 Å². The summed E-state index contributed by atoms with van der Waals surface area (Å²) in [4.78, 5) is 11.2. The van der Waals surface area contributed by atoms with Crippen LogP contribution in [0.15, 0.2) is 18.2 Å². The van der Waals surface area contributed by atoms with E-state index in [9.17, 15) is 4.79 Å². The van der Waals surface area contributed by atoms with Crippen molar-refractivity contribution in [2.24, 2.45) is 5.73 Å². The van der Waals surface area contributed by atoms with Crippen LogP contribution >= 0.6 is 0 Å². The molecule has 18 heavy (non-hydrogen) atoms. The Hall–Kier alpha value is -1.35. The number of carbonyl (C=O) groups is 1. The summed E-state index contributed by atoms with van der Waals surface area (Å²) in [7, 11) is 0. The van der Waals surface area contributed by atoms with Crippen LogP contribution in [0.5, 0.6) is 0 Å². The second-order valence-electron chi connectivity index (χ2n) is 4.66. The molecule has 2 N–H and O–H groups in total. The first-order valence-corrected chi connectivity index (χ1v) is 6.53. The van der Waals surface area contributed by atoms with E-state index in [-0.39, 0.29) is 12.0 Å². The normalized spacial score (nSPS) is 12.2. The monoisotopic (exact) mass is 249 g/mol. The van der Waals surface area contributed by atoms with Crippen LogP contribution in [0.3, 0.4) is 0 Å². The molecule has 3 heteroatoms. The molecule has 0 fully saturated rings. The molecule has 0 spiro atoms. The zero-order chi connectivity index (χ0) is 13.5. The average Bonchev–Trinajstić information content (AvgIpc) is 2.29. The minimum Gasteiger partial charge on any atom is -0.466 e. The molecule has 0 bridgehead atoms. The number of rotatable bonds is 6. The van der Waals surface area contributed by atoms with Crippen LogP contribution in [0.4, 0.5) is 0 Å². The van der Waals surface area contributed by atoms with Gasteiger partial charge in [-0.15, -0.1) is 0 Å². The molecule has 0 aliphatic carbocycles. The lowest BCUT2D eigenvalue weighted by molar-refractivity contribution is -0.143. The van der Waals surface area contributed by atoms with Crippen molar-refractivity contribution in [2.45, 2.75) is 46.1 Å². The van der Waals surface area contributed by atoms with E-state index in [4.69, 9.17) is 10.5 Å². The molecule has 1 unspecified atom stereocenters. The van der Waals surface area contributed by atoms with E-state index in [1.54, 1.807) is 0 Å². The second kappa shape index (κ2) is 7.17. The van der Waals surface area contributed by atoms with Crippen molar-refractivity contribution in [3.05, 3.63) is 34.9 Å². The topological polar surface area (TPSA) is 52.3 Å². The van der Waals surface area contributed by atoms with Crippen molar-refractivity contribution >= 4 is 5.97 Å². The Morgan fingerprint density at radius 2 is 2.11 bits per heavy atom. The van der Waals surface area contributed by atoms with Crippen LogP contribution in [0.1, 0.15) is 48.9 Å². The van der Waals surface area contributed by atoms with Gasteiger partial charge in [-0.1, -0.05) is 23.8 Å². The lowest BCUT2D eigenvalue weighted by Gasteiger charge is -2.15. The van der Waals surface area contributed by atoms with Crippen molar-refractivity contribution in [2.75, 3.05) is 6.61 Å². The second-order valence-corrected chi connectivity index (χ2v) is 4.66. The highest BCUT2D eigenvalue weighted by Gasteiger charge is 2.10. The first-order valence-electron chi connectivity index (χ1n) is 6.53. The maximum absolute atomic E-state index is 11.2. The Morgan fingerprint density at radius 3 is 2.72 bits per heavy atom. The van der Waals surface area contributed by atoms with Gasteiger partial charge in [-0.3, -0.25) is 4.79 Å². The van der Waals surface area contributed by atoms with Crippen molar-refractivity contribution in [3.8, 4) is 0 Å². The molecule has 0 aliphatic rings. The molecular weight excluding hydrogens is 226 g/mol. The summed E-state index contributed by atoms with van der Waals surface area (Å²) < 4.78 is 4.89. The van der Waals surface area contributed by atoms with Crippen LogP contribution < -0.4 is 5.73 Å². The molecule has 1 rings (SSSR count). The van der Waals surface area contributed by atoms with E-state index >= 15 is 0 Å². The molecule has 1 aromatic rings. The summed E-state index contributed by atoms with van der Waals surface area (Å²) in [5, 5.41) is 0. The fourth-order valence-electron chi connectivity index (χ4n) is 2.10. The molecule has 0 aromatic heterocycles. The molecule has 0 heterocycles. The molecule has 0 saturated carbocycles. The van der Waals surface area contributed by atoms with E-state index in [1.807, 2.05) is 6.92 Å². The lowest BCUT2D eigenvalue weighted by Crippen LogP contribution is -2.13. The fourth-order valence-corrected chi connectivity index (χ4v) is 2.10. The molecule has 1 aromatic carbocycles. The smallest absolute Gasteiger partial charge is 0.305 e. The van der Waals surface area contributed by atoms with Gasteiger partial charge in [0.25, 0.3) is 0 Å². The summed E-state index contributed by atoms with van der Waals surface area (Å²) in [6.07, 6.45) is 2.03. The van der Waals surface area contributed by atoms with Crippen molar-refractivity contribution in [1.82, 2.24) is 0 Å². The predicted octanol–water partition coefficient (Wildman–Crippen LogP) is 3.04. The molecule has 1 atom stereocenters. The van der Waals surface area contributed by atoms with Gasteiger partial charge < -0.3 is 10.5 Å². The van der Waals surface area contributed by atoms with E-state index in [0.29, 0.717) is 13.0 Å². The molecule has 0 aliphatic heterocycles. The number of nitrogens with two attached hydrogens (primary N) is 1. The minimum absolute atomic E-state index is 0.0000246. The fraction of sp³-hybridized carbons (Fsp3) is 0.533. The first-order chi connectivity index (χ1) is 8.54. The summed E-state index contributed by atoms with van der Waals surface area (Å²) in [6, 6.07) is 6.30. The number of carbonyl (C=O) groups excluding carboxylic acids is 1. The highest BCUT2D eigenvalue weighted by molar-refractivity contribution is 5.69. The van der Waals surface area contributed by atoms with Crippen LogP contribution in [-0.2, 0) is 9.53 Å². The number of benzene rings is 1. The van der Waals surface area contributed by atoms with Gasteiger partial charge in [0.1, 0.15) is 0 Å². The highest BCUT2D eigenvalue weighted by atomic mass is 16.5. The first kappa shape index (κ1) is 14.7. The van der Waals surface area contributed by atoms with Crippen molar-refractivity contribution in [3.63, 3.8) is 0 Å². The Morgan fingerprint density at radius 1 is 1.39 bits per heavy atom. The zero-order valence-corrected chi connectivity index (χ0v) is 11.5. The van der Waals surface area contributed by atoms with Crippen LogP contribution in [-0.4, -0.2) is 12.6 Å². The summed E-state index contributed by atoms with van der Waals surface area (Å²) in [6.45, 7) is 6.41. The Labute approximate surface area is 109 Å². The summed E-state index contributed by atoms with van der Waals surface area (Å²) in [5.74, 6) is -0.134. The molecule has 3 nitrogen and oxygen atoms in total. The molecule has 100 valence electrons. The minimum atomic E-state index is -0.134. The van der Waals surface area contributed by atoms with E-state index in [0.717, 1.165) is 12.8 Å². The Kier molecular flexibility index (Phi) is 5.86. The lowest BCUT2D eigenvalue weighted by atomic mass is 9.96. The van der Waals surface area contributed by atoms with Crippen LogP contribution in [0, 0.1) is 13.8 Å². The van der Waals surface area contributed by atoms with E-state index < -0.39 is 0 Å². The largest absolute Gasteiger partial charge is 0.466 e. The quantitative estimate of drug-likeness (QED) is 0.788. The maximum atomic E-state index is 11.2. The molecular formula is C15H23NO2. The number of aryl methyl sites for hydroxylation is 2. The van der Waals surface area contributed by atoms with E-state index in [2.05, 4.69) is 32.0 Å². The Bertz CT molecular complexity index is 401. The van der Waals surface area contributed by atoms with Gasteiger partial charge in [0, 0.05) is 12.5 Å². The summed E-state index contributed by atoms with van der Waals surface area (Å²) >= 11 is 0. The van der Waals surface area contributed by atoms with Gasteiger partial charge in [-0.25, -0.2) is 0 Å². The molecule has 0 saturated heterocycles. The van der Waals surface area contributed by atoms with Gasteiger partial charge in [-0.05, 0) is 44.7 Å². The van der Waals surface area contributed by atoms with Crippen molar-refractivity contribution in [1.29, 1.82) is 0 Å². The van der Waals surface area contributed by atoms with Crippen molar-refractivity contribution < 1.29 is 9.53 Å². The third-order valence-electron chi connectivity index (χ3n) is 3.03. The van der Waals surface area contributed by atoms with E-state index in [1.165, 1.54) is 16.7 Å². The third-order valence-corrected chi connectivity index (χ3v) is 3.03. The number of hydrogen-bond acceptors (Lipinski definition) is 3. The molecule has 0 amide bonds. The SMILES string of the molecule is CCOC(=O)CCCC(N)c1ccc(C)cc1C. The Balaban J connectivity index is 2.45. The predicted molar refractivity (Wildman–Crippen MR) is 73.3 cm³/mol. The van der Waals surface area contributed by atoms with Crippen LogP contribution in [0.25, 0.3) is 0 Å². The number of ether oxygens (including phenoxy) is 1. The van der Waals surface area contributed by atoms with Gasteiger partial charge in [0.2, 0.25) is 0 Å². The van der Waals surface area contributed by atoms with Gasteiger partial charge in [0.15, 0.2) is 0 Å². The maximum Gasteiger partial charge on any atom is 0.305 e. The summed E-state index contributed by atoms with van der Waals surface area (Å²) in [5.41, 5.74) is 9.79. The number of hydrogen-bond donors (Lipinski definition) is 1. The number of esters is 1. The molecule has 0 radical (unpaired) electrons. The average molecular weight is 249 g/mol. The van der Waals surface area contributed by atoms with Gasteiger partial charge in [-0.2, -0.15) is 0 Å². The highest BCUT2D eigenvalue weighted by Crippen LogP contribution is 2.21. The van der Waals surface area contributed by atoms with Gasteiger partial charge >= 0.3 is 5.97 Å². The third kappa shape index (κ3) is 4.49. The zero-order valence-electron chi connectivity index (χ0n) is 11.5. The standard InChI is InChI=1S/C15H23NO2/c1-4-18-15(17)7-5-6-14(16)13-9-8-11(2)10-12(13)3/h8-10,14H,4-7,16H2,1-3H3. The van der Waals surface area contributed by atoms with Crippen LogP contribution in [0.2, 0.25) is 0 Å².